The number of hydrogen-bond donors (Lipinski definition) is 1. The molecule has 4 rings (SSSR count). The van der Waals surface area contributed by atoms with Gasteiger partial charge < -0.3 is 10.1 Å². The summed E-state index contributed by atoms with van der Waals surface area (Å²) in [5.41, 5.74) is 1.43. The smallest absolute Gasteiger partial charge is 0.338 e. The molecular formula is C23H21N3O5. The molecule has 0 aliphatic carbocycles. The van der Waals surface area contributed by atoms with Crippen LogP contribution in [0.25, 0.3) is 10.9 Å². The van der Waals surface area contributed by atoms with Gasteiger partial charge in [0.25, 0.3) is 11.5 Å². The summed E-state index contributed by atoms with van der Waals surface area (Å²) in [4.78, 5) is 53.5. The van der Waals surface area contributed by atoms with Crippen LogP contribution in [0.15, 0.2) is 47.3 Å². The van der Waals surface area contributed by atoms with Crippen LogP contribution in [0, 0.1) is 0 Å². The van der Waals surface area contributed by atoms with Crippen LogP contribution in [0.5, 0.6) is 0 Å². The van der Waals surface area contributed by atoms with Gasteiger partial charge in [0, 0.05) is 24.2 Å². The molecule has 0 bridgehead atoms. The Kier molecular flexibility index (Phi) is 5.37. The lowest BCUT2D eigenvalue weighted by atomic mass is 10.1. The van der Waals surface area contributed by atoms with Gasteiger partial charge in [0.2, 0.25) is 0 Å². The molecule has 31 heavy (non-hydrogen) atoms. The van der Waals surface area contributed by atoms with Crippen molar-refractivity contribution in [3.63, 3.8) is 0 Å². The van der Waals surface area contributed by atoms with Crippen molar-refractivity contribution in [2.24, 2.45) is 0 Å². The molecule has 1 aliphatic rings. The van der Waals surface area contributed by atoms with E-state index < -0.39 is 18.0 Å². The van der Waals surface area contributed by atoms with Gasteiger partial charge in [0.15, 0.2) is 11.9 Å². The average molecular weight is 419 g/mol. The maximum absolute atomic E-state index is 12.6. The maximum atomic E-state index is 12.6. The predicted octanol–water partition coefficient (Wildman–Crippen LogP) is 2.73. The van der Waals surface area contributed by atoms with E-state index in [-0.39, 0.29) is 16.9 Å². The molecule has 0 fully saturated rings. The Labute approximate surface area is 177 Å². The van der Waals surface area contributed by atoms with E-state index in [1.54, 1.807) is 34.9 Å². The summed E-state index contributed by atoms with van der Waals surface area (Å²) < 4.78 is 6.95. The Morgan fingerprint density at radius 1 is 1.13 bits per heavy atom. The highest BCUT2D eigenvalue weighted by molar-refractivity contribution is 6.00. The molecule has 0 saturated carbocycles. The highest BCUT2D eigenvalue weighted by Gasteiger charge is 2.21. The van der Waals surface area contributed by atoms with E-state index in [0.29, 0.717) is 34.5 Å². The van der Waals surface area contributed by atoms with Crippen LogP contribution in [-0.2, 0) is 22.5 Å². The van der Waals surface area contributed by atoms with Gasteiger partial charge in [-0.3, -0.25) is 19.0 Å². The maximum Gasteiger partial charge on any atom is 0.338 e. The van der Waals surface area contributed by atoms with Crippen molar-refractivity contribution in [1.82, 2.24) is 9.55 Å². The number of ketones is 1. The minimum atomic E-state index is -1.07. The minimum Gasteiger partial charge on any atom is -0.449 e. The Bertz CT molecular complexity index is 1280. The Morgan fingerprint density at radius 3 is 2.71 bits per heavy atom. The number of nitrogens with zero attached hydrogens (tertiary/aromatic N) is 2. The van der Waals surface area contributed by atoms with E-state index in [1.807, 2.05) is 0 Å². The average Bonchev–Trinajstić information content (AvgIpc) is 3.22. The first-order valence-corrected chi connectivity index (χ1v) is 10.00. The summed E-state index contributed by atoms with van der Waals surface area (Å²) in [6.07, 6.45) is 0.528. The van der Waals surface area contributed by atoms with Crippen LogP contribution < -0.4 is 10.9 Å². The number of Topliss-reactive ketones (excluding diaryl/α,β-unsaturated/α-hetero) is 1. The van der Waals surface area contributed by atoms with E-state index in [4.69, 9.17) is 4.74 Å². The first-order valence-electron chi connectivity index (χ1n) is 10.00. The number of hydrogen-bond acceptors (Lipinski definition) is 6. The van der Waals surface area contributed by atoms with Crippen molar-refractivity contribution in [3.8, 4) is 0 Å². The molecule has 158 valence electrons. The number of nitrogens with one attached hydrogen (secondary N) is 1. The van der Waals surface area contributed by atoms with Gasteiger partial charge in [-0.15, -0.1) is 0 Å². The molecule has 1 aliphatic heterocycles. The van der Waals surface area contributed by atoms with E-state index in [0.717, 1.165) is 12.8 Å². The summed E-state index contributed by atoms with van der Waals surface area (Å²) in [6, 6.07) is 11.1. The summed E-state index contributed by atoms with van der Waals surface area (Å²) in [7, 11) is 0. The third-order valence-electron chi connectivity index (χ3n) is 5.24. The number of ether oxygens (including phenoxy) is 1. The first kappa shape index (κ1) is 20.5. The van der Waals surface area contributed by atoms with Crippen molar-refractivity contribution in [1.29, 1.82) is 0 Å². The lowest BCUT2D eigenvalue weighted by molar-refractivity contribution is -0.123. The van der Waals surface area contributed by atoms with E-state index >= 15 is 0 Å². The van der Waals surface area contributed by atoms with Crippen molar-refractivity contribution < 1.29 is 19.1 Å². The number of esters is 1. The van der Waals surface area contributed by atoms with Gasteiger partial charge >= 0.3 is 5.97 Å². The van der Waals surface area contributed by atoms with Gasteiger partial charge in [0.1, 0.15) is 5.82 Å². The van der Waals surface area contributed by atoms with E-state index in [2.05, 4.69) is 10.3 Å². The largest absolute Gasteiger partial charge is 0.449 e. The Balaban J connectivity index is 1.48. The third kappa shape index (κ3) is 4.09. The van der Waals surface area contributed by atoms with Gasteiger partial charge in [-0.05, 0) is 50.6 Å². The van der Waals surface area contributed by atoms with Crippen molar-refractivity contribution >= 4 is 34.3 Å². The summed E-state index contributed by atoms with van der Waals surface area (Å²) in [5, 5.41) is 3.08. The number of fused-ring (bicyclic) bond motifs is 2. The van der Waals surface area contributed by atoms with Crippen LogP contribution >= 0.6 is 0 Å². The molecule has 1 aromatic heterocycles. The molecule has 1 amide bonds. The zero-order valence-corrected chi connectivity index (χ0v) is 17.2. The standard InChI is InChI=1S/C23H21N3O5/c1-13(27)15-5-3-6-17(11-15)24-21(28)14(2)31-23(30)16-8-9-18-19(12-16)25-20-7-4-10-26(20)22(18)29/h3,5-6,8-9,11-12,14H,4,7,10H2,1-2H3,(H,24,28)/t14-/m1/s1. The lowest BCUT2D eigenvalue weighted by Crippen LogP contribution is -2.30. The fraction of sp³-hybridized carbons (Fsp3) is 0.261. The Morgan fingerprint density at radius 2 is 1.94 bits per heavy atom. The van der Waals surface area contributed by atoms with E-state index in [1.165, 1.54) is 26.0 Å². The normalized spacial score (nSPS) is 13.5. The fourth-order valence-electron chi connectivity index (χ4n) is 3.55. The van der Waals surface area contributed by atoms with Gasteiger partial charge in [-0.2, -0.15) is 0 Å². The molecule has 2 aromatic carbocycles. The molecule has 0 radical (unpaired) electrons. The number of benzene rings is 2. The SMILES string of the molecule is CC(=O)c1cccc(NC(=O)[C@@H](C)OC(=O)c2ccc3c(=O)n4c(nc3c2)CCC4)c1. The number of carbonyl (C=O) groups is 3. The van der Waals surface area contributed by atoms with Crippen LogP contribution in [0.3, 0.4) is 0 Å². The number of amides is 1. The summed E-state index contributed by atoms with van der Waals surface area (Å²) >= 11 is 0. The van der Waals surface area contributed by atoms with Gasteiger partial charge in [0.05, 0.1) is 16.5 Å². The summed E-state index contributed by atoms with van der Waals surface area (Å²) in [6.45, 7) is 3.55. The topological polar surface area (TPSA) is 107 Å². The highest BCUT2D eigenvalue weighted by Crippen LogP contribution is 2.17. The molecular weight excluding hydrogens is 398 g/mol. The number of rotatable bonds is 5. The minimum absolute atomic E-state index is 0.113. The second-order valence-corrected chi connectivity index (χ2v) is 7.49. The first-order chi connectivity index (χ1) is 14.8. The van der Waals surface area contributed by atoms with Crippen LogP contribution in [-0.4, -0.2) is 33.3 Å². The highest BCUT2D eigenvalue weighted by atomic mass is 16.5. The summed E-state index contributed by atoms with van der Waals surface area (Å²) in [5.74, 6) is -0.622. The molecule has 1 atom stereocenters. The van der Waals surface area contributed by atoms with Crippen molar-refractivity contribution in [3.05, 3.63) is 69.8 Å². The number of carbonyl (C=O) groups excluding carboxylic acids is 3. The second kappa shape index (κ2) is 8.14. The molecule has 3 aromatic rings. The molecule has 1 N–H and O–H groups in total. The van der Waals surface area contributed by atoms with Gasteiger partial charge in [-0.25, -0.2) is 9.78 Å². The quantitative estimate of drug-likeness (QED) is 0.503. The monoisotopic (exact) mass is 419 g/mol. The third-order valence-corrected chi connectivity index (χ3v) is 5.24. The number of aryl methyl sites for hydroxylation is 1. The zero-order valence-electron chi connectivity index (χ0n) is 17.2. The molecule has 0 unspecified atom stereocenters. The van der Waals surface area contributed by atoms with Crippen LogP contribution in [0.1, 0.15) is 46.8 Å². The number of anilines is 1. The zero-order chi connectivity index (χ0) is 22.1. The molecule has 0 spiro atoms. The van der Waals surface area contributed by atoms with Crippen LogP contribution in [0.2, 0.25) is 0 Å². The molecule has 8 heteroatoms. The fourth-order valence-corrected chi connectivity index (χ4v) is 3.55. The lowest BCUT2D eigenvalue weighted by Gasteiger charge is -2.14. The van der Waals surface area contributed by atoms with Gasteiger partial charge in [-0.1, -0.05) is 12.1 Å². The molecule has 2 heterocycles. The second-order valence-electron chi connectivity index (χ2n) is 7.49. The van der Waals surface area contributed by atoms with E-state index in [9.17, 15) is 19.2 Å². The van der Waals surface area contributed by atoms with Crippen LogP contribution in [0.4, 0.5) is 5.69 Å². The number of aromatic nitrogens is 2. The Hall–Kier alpha value is -3.81. The predicted molar refractivity (Wildman–Crippen MR) is 114 cm³/mol. The molecule has 0 saturated heterocycles. The van der Waals surface area contributed by atoms with Crippen molar-refractivity contribution in [2.45, 2.75) is 39.3 Å². The van der Waals surface area contributed by atoms with Crippen molar-refractivity contribution in [2.75, 3.05) is 5.32 Å². The molecule has 8 nitrogen and oxygen atoms in total.